The van der Waals surface area contributed by atoms with Crippen molar-refractivity contribution in [2.24, 2.45) is 7.05 Å². The second kappa shape index (κ2) is 5.37. The molecule has 1 aromatic carbocycles. The highest BCUT2D eigenvalue weighted by atomic mass is 16.2. The summed E-state index contributed by atoms with van der Waals surface area (Å²) >= 11 is 0. The molecule has 0 aliphatic carbocycles. The molecule has 1 amide bonds. The van der Waals surface area contributed by atoms with Gasteiger partial charge in [0.1, 0.15) is 0 Å². The first-order valence-corrected chi connectivity index (χ1v) is 8.43. The molecule has 0 radical (unpaired) electrons. The number of hydrogen-bond acceptors (Lipinski definition) is 1. The zero-order valence-corrected chi connectivity index (χ0v) is 15.9. The highest BCUT2D eigenvalue weighted by molar-refractivity contribution is 6.35. The first kappa shape index (κ1) is 16.6. The SMILES string of the molecule is Cc1c(C)c(C)c2c(c1C)NC(=O)C2=Cc1c(C)c(C)c(C)n1C. The van der Waals surface area contributed by atoms with Crippen LogP contribution in [0.1, 0.15) is 50.3 Å². The van der Waals surface area contributed by atoms with E-state index >= 15 is 0 Å². The Bertz CT molecular complexity index is 901. The number of fused-ring (bicyclic) bond motifs is 1. The van der Waals surface area contributed by atoms with Gasteiger partial charge < -0.3 is 9.88 Å². The fourth-order valence-corrected chi connectivity index (χ4v) is 3.73. The van der Waals surface area contributed by atoms with Gasteiger partial charge in [-0.2, -0.15) is 0 Å². The summed E-state index contributed by atoms with van der Waals surface area (Å²) in [6, 6.07) is 0. The van der Waals surface area contributed by atoms with Gasteiger partial charge in [0.25, 0.3) is 5.91 Å². The lowest BCUT2D eigenvalue weighted by Crippen LogP contribution is -2.05. The quantitative estimate of drug-likeness (QED) is 0.760. The first-order chi connectivity index (χ1) is 11.2. The maximum Gasteiger partial charge on any atom is 0.256 e. The van der Waals surface area contributed by atoms with Crippen molar-refractivity contribution in [1.29, 1.82) is 0 Å². The van der Waals surface area contributed by atoms with Crippen molar-refractivity contribution in [1.82, 2.24) is 4.57 Å². The van der Waals surface area contributed by atoms with Crippen LogP contribution in [0.5, 0.6) is 0 Å². The topological polar surface area (TPSA) is 34.0 Å². The summed E-state index contributed by atoms with van der Waals surface area (Å²) in [6.45, 7) is 14.9. The molecule has 126 valence electrons. The van der Waals surface area contributed by atoms with E-state index in [0.29, 0.717) is 0 Å². The van der Waals surface area contributed by atoms with Crippen molar-refractivity contribution >= 4 is 23.2 Å². The number of hydrogen-bond donors (Lipinski definition) is 1. The van der Waals surface area contributed by atoms with Gasteiger partial charge in [-0.05, 0) is 87.9 Å². The van der Waals surface area contributed by atoms with E-state index < -0.39 is 0 Å². The molecule has 0 saturated heterocycles. The molecule has 1 aliphatic rings. The fraction of sp³-hybridized carbons (Fsp3) is 0.381. The number of aromatic nitrogens is 1. The average molecular weight is 322 g/mol. The van der Waals surface area contributed by atoms with Crippen LogP contribution < -0.4 is 5.32 Å². The second-order valence-electron chi connectivity index (χ2n) is 7.04. The van der Waals surface area contributed by atoms with Gasteiger partial charge >= 0.3 is 0 Å². The lowest BCUT2D eigenvalue weighted by atomic mass is 9.90. The van der Waals surface area contributed by atoms with Gasteiger partial charge in [0.2, 0.25) is 0 Å². The van der Waals surface area contributed by atoms with Crippen LogP contribution in [0.2, 0.25) is 0 Å². The number of nitrogens with one attached hydrogen (secondary N) is 1. The Balaban J connectivity index is 2.31. The number of amides is 1. The van der Waals surface area contributed by atoms with Crippen molar-refractivity contribution in [3.63, 3.8) is 0 Å². The van der Waals surface area contributed by atoms with Crippen molar-refractivity contribution in [2.75, 3.05) is 5.32 Å². The van der Waals surface area contributed by atoms with E-state index in [1.54, 1.807) is 0 Å². The number of nitrogens with zero attached hydrogens (tertiary/aromatic N) is 1. The smallest absolute Gasteiger partial charge is 0.256 e. The first-order valence-electron chi connectivity index (χ1n) is 8.43. The summed E-state index contributed by atoms with van der Waals surface area (Å²) < 4.78 is 2.17. The van der Waals surface area contributed by atoms with Crippen molar-refractivity contribution < 1.29 is 4.79 Å². The Morgan fingerprint density at radius 1 is 0.792 bits per heavy atom. The molecular formula is C21H26N2O. The second-order valence-corrected chi connectivity index (χ2v) is 7.04. The molecule has 3 rings (SSSR count). The Morgan fingerprint density at radius 3 is 1.92 bits per heavy atom. The van der Waals surface area contributed by atoms with Gasteiger partial charge in [0.05, 0.1) is 11.3 Å². The zero-order chi connectivity index (χ0) is 17.9. The molecule has 0 spiro atoms. The normalized spacial score (nSPS) is 15.2. The molecular weight excluding hydrogens is 296 g/mol. The lowest BCUT2D eigenvalue weighted by molar-refractivity contribution is -0.110. The van der Waals surface area contributed by atoms with Gasteiger partial charge in [-0.25, -0.2) is 0 Å². The predicted molar refractivity (Wildman–Crippen MR) is 102 cm³/mol. The van der Waals surface area contributed by atoms with Crippen LogP contribution in [0.4, 0.5) is 5.69 Å². The van der Waals surface area contributed by atoms with Crippen LogP contribution in [-0.2, 0) is 11.8 Å². The highest BCUT2D eigenvalue weighted by Gasteiger charge is 2.30. The molecule has 1 aliphatic heterocycles. The van der Waals surface area contributed by atoms with Crippen LogP contribution in [0.3, 0.4) is 0 Å². The minimum Gasteiger partial charge on any atom is -0.348 e. The van der Waals surface area contributed by atoms with Crippen LogP contribution in [0, 0.1) is 48.5 Å². The molecule has 0 atom stereocenters. The van der Waals surface area contributed by atoms with Gasteiger partial charge in [0.15, 0.2) is 0 Å². The number of carbonyl (C=O) groups is 1. The summed E-state index contributed by atoms with van der Waals surface area (Å²) in [7, 11) is 2.06. The molecule has 3 nitrogen and oxygen atoms in total. The maximum absolute atomic E-state index is 12.7. The largest absolute Gasteiger partial charge is 0.348 e. The van der Waals surface area contributed by atoms with Crippen molar-refractivity contribution in [3.8, 4) is 0 Å². The number of anilines is 1. The molecule has 3 heteroatoms. The van der Waals surface area contributed by atoms with Gasteiger partial charge in [-0.1, -0.05) is 0 Å². The van der Waals surface area contributed by atoms with E-state index in [4.69, 9.17) is 0 Å². The van der Waals surface area contributed by atoms with E-state index in [-0.39, 0.29) is 5.91 Å². The van der Waals surface area contributed by atoms with E-state index in [0.717, 1.165) is 22.5 Å². The Kier molecular flexibility index (Phi) is 3.71. The van der Waals surface area contributed by atoms with Crippen molar-refractivity contribution in [2.45, 2.75) is 48.5 Å². The molecule has 0 bridgehead atoms. The molecule has 0 fully saturated rings. The summed E-state index contributed by atoms with van der Waals surface area (Å²) in [6.07, 6.45) is 2.05. The molecule has 0 saturated carbocycles. The summed E-state index contributed by atoms with van der Waals surface area (Å²) in [5.74, 6) is -0.00268. The number of rotatable bonds is 1. The van der Waals surface area contributed by atoms with E-state index in [1.807, 2.05) is 0 Å². The third-order valence-electron chi connectivity index (χ3n) is 6.07. The Labute approximate surface area is 144 Å². The van der Waals surface area contributed by atoms with Crippen LogP contribution >= 0.6 is 0 Å². The Morgan fingerprint density at radius 2 is 1.38 bits per heavy atom. The van der Waals surface area contributed by atoms with E-state index in [9.17, 15) is 4.79 Å². The fourth-order valence-electron chi connectivity index (χ4n) is 3.73. The number of carbonyl (C=O) groups excluding carboxylic acids is 1. The summed E-state index contributed by atoms with van der Waals surface area (Å²) in [4.78, 5) is 12.7. The average Bonchev–Trinajstić information content (AvgIpc) is 2.97. The van der Waals surface area contributed by atoms with Crippen LogP contribution in [-0.4, -0.2) is 10.5 Å². The third kappa shape index (κ3) is 2.07. The molecule has 2 heterocycles. The van der Waals surface area contributed by atoms with Gasteiger partial charge in [-0.3, -0.25) is 4.79 Å². The maximum atomic E-state index is 12.7. The van der Waals surface area contributed by atoms with Crippen molar-refractivity contribution in [3.05, 3.63) is 50.3 Å². The number of benzene rings is 1. The minimum absolute atomic E-state index is 0.00268. The Hall–Kier alpha value is -2.29. The highest BCUT2D eigenvalue weighted by Crippen LogP contribution is 2.41. The molecule has 1 aromatic heterocycles. The monoisotopic (exact) mass is 322 g/mol. The molecule has 24 heavy (non-hydrogen) atoms. The van der Waals surface area contributed by atoms with E-state index in [2.05, 4.69) is 71.5 Å². The van der Waals surface area contributed by atoms with Gasteiger partial charge in [0, 0.05) is 24.0 Å². The predicted octanol–water partition coefficient (Wildman–Crippen LogP) is 4.68. The molecule has 1 N–H and O–H groups in total. The summed E-state index contributed by atoms with van der Waals surface area (Å²) in [5, 5.41) is 3.09. The third-order valence-corrected chi connectivity index (χ3v) is 6.07. The van der Waals surface area contributed by atoms with Gasteiger partial charge in [-0.15, -0.1) is 0 Å². The van der Waals surface area contributed by atoms with Crippen LogP contribution in [0.15, 0.2) is 0 Å². The van der Waals surface area contributed by atoms with Crippen LogP contribution in [0.25, 0.3) is 11.6 Å². The van der Waals surface area contributed by atoms with E-state index in [1.165, 1.54) is 39.1 Å². The zero-order valence-electron chi connectivity index (χ0n) is 15.9. The molecule has 2 aromatic rings. The standard InChI is InChI=1S/C21H26N2O/c1-10-11(2)15(6)20-19(14(10)5)17(21(24)22-20)9-18-13(4)12(3)16(7)23(18)8/h9H,1-8H3,(H,22,24). The molecule has 0 unspecified atom stereocenters. The minimum atomic E-state index is -0.00268. The summed E-state index contributed by atoms with van der Waals surface area (Å²) in [5.41, 5.74) is 12.6. The lowest BCUT2D eigenvalue weighted by Gasteiger charge is -2.15.